The van der Waals surface area contributed by atoms with Gasteiger partial charge in [0.25, 0.3) is 5.66 Å². The first-order valence-electron chi connectivity index (χ1n) is 4.48. The lowest BCUT2D eigenvalue weighted by Gasteiger charge is -2.23. The normalized spacial score (nSPS) is 27.1. The SMILES string of the molecule is CC(C)C1=C(N)CC(N)([N+](=O)[O-])C=C1. The summed E-state index contributed by atoms with van der Waals surface area (Å²) in [7, 11) is 0. The van der Waals surface area contributed by atoms with Crippen LogP contribution in [-0.2, 0) is 0 Å². The van der Waals surface area contributed by atoms with Gasteiger partial charge in [-0.3, -0.25) is 15.8 Å². The lowest BCUT2D eigenvalue weighted by atomic mass is 9.89. The van der Waals surface area contributed by atoms with E-state index in [-0.39, 0.29) is 12.3 Å². The highest BCUT2D eigenvalue weighted by atomic mass is 16.6. The van der Waals surface area contributed by atoms with Gasteiger partial charge in [0.15, 0.2) is 0 Å². The summed E-state index contributed by atoms with van der Waals surface area (Å²) in [4.78, 5) is 10.1. The molecule has 0 aliphatic heterocycles. The molecule has 0 radical (unpaired) electrons. The third-order valence-corrected chi connectivity index (χ3v) is 2.36. The van der Waals surface area contributed by atoms with Crippen LogP contribution >= 0.6 is 0 Å². The quantitative estimate of drug-likeness (QED) is 0.388. The Labute approximate surface area is 82.6 Å². The minimum atomic E-state index is -1.53. The van der Waals surface area contributed by atoms with Gasteiger partial charge in [0.05, 0.1) is 6.42 Å². The number of hydrogen-bond acceptors (Lipinski definition) is 4. The topological polar surface area (TPSA) is 95.2 Å². The van der Waals surface area contributed by atoms with Crippen LogP contribution in [0.25, 0.3) is 0 Å². The second-order valence-electron chi connectivity index (χ2n) is 3.89. The van der Waals surface area contributed by atoms with E-state index in [0.29, 0.717) is 5.70 Å². The standard InChI is InChI=1S/C9H15N3O2/c1-6(2)7-3-4-9(11,12(13)14)5-8(7)10/h3-4,6H,5,10-11H2,1-2H3. The Balaban J connectivity index is 2.97. The van der Waals surface area contributed by atoms with Crippen LogP contribution in [0.1, 0.15) is 20.3 Å². The molecule has 14 heavy (non-hydrogen) atoms. The van der Waals surface area contributed by atoms with Crippen molar-refractivity contribution in [2.45, 2.75) is 25.9 Å². The molecule has 5 nitrogen and oxygen atoms in total. The molecule has 4 N–H and O–H groups in total. The summed E-state index contributed by atoms with van der Waals surface area (Å²) in [5.74, 6) is 0.266. The van der Waals surface area contributed by atoms with E-state index in [1.165, 1.54) is 6.08 Å². The van der Waals surface area contributed by atoms with Crippen molar-refractivity contribution >= 4 is 0 Å². The van der Waals surface area contributed by atoms with Gasteiger partial charge in [-0.25, -0.2) is 0 Å². The van der Waals surface area contributed by atoms with Crippen LogP contribution in [0.3, 0.4) is 0 Å². The van der Waals surface area contributed by atoms with E-state index in [9.17, 15) is 10.1 Å². The van der Waals surface area contributed by atoms with E-state index in [1.54, 1.807) is 6.08 Å². The predicted octanol–water partition coefficient (Wildman–Crippen LogP) is 0.747. The molecular formula is C9H15N3O2. The van der Waals surface area contributed by atoms with E-state index in [4.69, 9.17) is 11.5 Å². The van der Waals surface area contributed by atoms with Gasteiger partial charge in [0.2, 0.25) is 0 Å². The molecular weight excluding hydrogens is 182 g/mol. The molecule has 0 bridgehead atoms. The Morgan fingerprint density at radius 2 is 2.21 bits per heavy atom. The fraction of sp³-hybridized carbons (Fsp3) is 0.556. The highest BCUT2D eigenvalue weighted by Crippen LogP contribution is 2.26. The molecule has 1 aliphatic rings. The summed E-state index contributed by atoms with van der Waals surface area (Å²) in [6, 6.07) is 0. The minimum Gasteiger partial charge on any atom is -0.402 e. The van der Waals surface area contributed by atoms with Gasteiger partial charge in [-0.05, 0) is 11.5 Å². The van der Waals surface area contributed by atoms with E-state index in [0.717, 1.165) is 5.57 Å². The molecule has 0 saturated carbocycles. The molecule has 0 heterocycles. The maximum absolute atomic E-state index is 10.6. The van der Waals surface area contributed by atoms with Gasteiger partial charge in [-0.2, -0.15) is 0 Å². The monoisotopic (exact) mass is 197 g/mol. The second kappa shape index (κ2) is 3.42. The van der Waals surface area contributed by atoms with Gasteiger partial charge < -0.3 is 5.73 Å². The average molecular weight is 197 g/mol. The van der Waals surface area contributed by atoms with Crippen molar-refractivity contribution in [1.82, 2.24) is 0 Å². The molecule has 0 saturated heterocycles. The molecule has 1 atom stereocenters. The first-order chi connectivity index (χ1) is 6.37. The molecule has 1 rings (SSSR count). The van der Waals surface area contributed by atoms with Crippen molar-refractivity contribution in [2.24, 2.45) is 17.4 Å². The van der Waals surface area contributed by atoms with Crippen LogP contribution in [0.15, 0.2) is 23.4 Å². The van der Waals surface area contributed by atoms with Gasteiger partial charge in [0, 0.05) is 16.7 Å². The summed E-state index contributed by atoms with van der Waals surface area (Å²) in [5, 5.41) is 10.6. The first-order valence-corrected chi connectivity index (χ1v) is 4.48. The van der Waals surface area contributed by atoms with Crippen molar-refractivity contribution in [2.75, 3.05) is 0 Å². The highest BCUT2D eigenvalue weighted by Gasteiger charge is 2.38. The van der Waals surface area contributed by atoms with Crippen LogP contribution < -0.4 is 11.5 Å². The molecule has 0 spiro atoms. The molecule has 0 aromatic rings. The Morgan fingerprint density at radius 3 is 2.57 bits per heavy atom. The molecule has 78 valence electrons. The van der Waals surface area contributed by atoms with Gasteiger partial charge in [-0.1, -0.05) is 19.9 Å². The fourth-order valence-electron chi connectivity index (χ4n) is 1.50. The van der Waals surface area contributed by atoms with Gasteiger partial charge in [0.1, 0.15) is 0 Å². The molecule has 1 aliphatic carbocycles. The van der Waals surface area contributed by atoms with Crippen LogP contribution in [-0.4, -0.2) is 10.6 Å². The summed E-state index contributed by atoms with van der Waals surface area (Å²) < 4.78 is 0. The lowest BCUT2D eigenvalue weighted by molar-refractivity contribution is -0.554. The third-order valence-electron chi connectivity index (χ3n) is 2.36. The van der Waals surface area contributed by atoms with Crippen molar-refractivity contribution in [3.8, 4) is 0 Å². The number of allylic oxidation sites excluding steroid dienone is 2. The number of nitrogens with two attached hydrogens (primary N) is 2. The summed E-state index contributed by atoms with van der Waals surface area (Å²) in [6.07, 6.45) is 3.16. The summed E-state index contributed by atoms with van der Waals surface area (Å²) >= 11 is 0. The summed E-state index contributed by atoms with van der Waals surface area (Å²) in [6.45, 7) is 3.98. The van der Waals surface area contributed by atoms with Crippen molar-refractivity contribution < 1.29 is 4.92 Å². The predicted molar refractivity (Wildman–Crippen MR) is 53.7 cm³/mol. The molecule has 5 heteroatoms. The number of rotatable bonds is 2. The number of nitro groups is 1. The van der Waals surface area contributed by atoms with Gasteiger partial charge >= 0.3 is 0 Å². The molecule has 0 aromatic carbocycles. The van der Waals surface area contributed by atoms with Crippen LogP contribution in [0.4, 0.5) is 0 Å². The second-order valence-corrected chi connectivity index (χ2v) is 3.89. The van der Waals surface area contributed by atoms with Crippen molar-refractivity contribution in [3.05, 3.63) is 33.5 Å². The van der Waals surface area contributed by atoms with E-state index < -0.39 is 10.6 Å². The van der Waals surface area contributed by atoms with E-state index in [2.05, 4.69) is 0 Å². The zero-order valence-corrected chi connectivity index (χ0v) is 8.36. The van der Waals surface area contributed by atoms with Crippen LogP contribution in [0.5, 0.6) is 0 Å². The Bertz CT molecular complexity index is 320. The maximum Gasteiger partial charge on any atom is 0.297 e. The Morgan fingerprint density at radius 1 is 1.64 bits per heavy atom. The number of hydrogen-bond donors (Lipinski definition) is 2. The fourth-order valence-corrected chi connectivity index (χ4v) is 1.50. The van der Waals surface area contributed by atoms with Gasteiger partial charge in [-0.15, -0.1) is 0 Å². The van der Waals surface area contributed by atoms with Crippen molar-refractivity contribution in [3.63, 3.8) is 0 Å². The zero-order valence-electron chi connectivity index (χ0n) is 8.36. The summed E-state index contributed by atoms with van der Waals surface area (Å²) in [5.41, 5.74) is 11.2. The van der Waals surface area contributed by atoms with Crippen molar-refractivity contribution in [1.29, 1.82) is 0 Å². The maximum atomic E-state index is 10.6. The first kappa shape index (κ1) is 10.7. The lowest BCUT2D eigenvalue weighted by Crippen LogP contribution is -2.48. The van der Waals surface area contributed by atoms with Crippen LogP contribution in [0.2, 0.25) is 0 Å². The average Bonchev–Trinajstić information content (AvgIpc) is 2.02. The zero-order chi connectivity index (χ0) is 10.9. The third kappa shape index (κ3) is 1.77. The molecule has 0 amide bonds. The van der Waals surface area contributed by atoms with E-state index >= 15 is 0 Å². The largest absolute Gasteiger partial charge is 0.402 e. The minimum absolute atomic E-state index is 0.0873. The van der Waals surface area contributed by atoms with E-state index in [1.807, 2.05) is 13.8 Å². The Hall–Kier alpha value is -1.36. The molecule has 1 unspecified atom stereocenters. The number of nitrogens with zero attached hydrogens (tertiary/aromatic N) is 1. The smallest absolute Gasteiger partial charge is 0.297 e. The molecule has 0 fully saturated rings. The Kier molecular flexibility index (Phi) is 2.62. The highest BCUT2D eigenvalue weighted by molar-refractivity contribution is 5.33. The van der Waals surface area contributed by atoms with Crippen LogP contribution in [0, 0.1) is 16.0 Å². The molecule has 0 aromatic heterocycles.